The minimum absolute atomic E-state index is 0.0935. The van der Waals surface area contributed by atoms with E-state index in [1.54, 1.807) is 4.57 Å². The SMILES string of the molecule is Cc1ccc(-n2c(SCc3nc(N)c4ccccc4n3)nc3ccccc3c2=O)c(C)c1. The van der Waals surface area contributed by atoms with Gasteiger partial charge in [-0.2, -0.15) is 0 Å². The Bertz CT molecular complexity index is 1540. The monoisotopic (exact) mass is 439 g/mol. The zero-order chi connectivity index (χ0) is 22.2. The van der Waals surface area contributed by atoms with Crippen LogP contribution in [-0.2, 0) is 5.75 Å². The first-order valence-electron chi connectivity index (χ1n) is 10.2. The Balaban J connectivity index is 1.62. The lowest BCUT2D eigenvalue weighted by Crippen LogP contribution is -2.22. The second-order valence-electron chi connectivity index (χ2n) is 7.67. The summed E-state index contributed by atoms with van der Waals surface area (Å²) < 4.78 is 1.69. The average Bonchev–Trinajstić information content (AvgIpc) is 2.79. The average molecular weight is 440 g/mol. The Morgan fingerprint density at radius 3 is 2.31 bits per heavy atom. The van der Waals surface area contributed by atoms with E-state index in [0.717, 1.165) is 27.7 Å². The Morgan fingerprint density at radius 2 is 1.56 bits per heavy atom. The van der Waals surface area contributed by atoms with E-state index in [0.29, 0.717) is 33.5 Å². The molecule has 2 N–H and O–H groups in total. The number of fused-ring (bicyclic) bond motifs is 2. The second kappa shape index (κ2) is 8.09. The number of nitrogen functional groups attached to an aromatic ring is 1. The summed E-state index contributed by atoms with van der Waals surface area (Å²) in [5.41, 5.74) is 10.5. The number of thioether (sulfide) groups is 1. The van der Waals surface area contributed by atoms with Crippen molar-refractivity contribution < 1.29 is 0 Å². The number of hydrogen-bond acceptors (Lipinski definition) is 6. The summed E-state index contributed by atoms with van der Waals surface area (Å²) in [6.45, 7) is 4.04. The summed E-state index contributed by atoms with van der Waals surface area (Å²) >= 11 is 1.43. The van der Waals surface area contributed by atoms with E-state index in [9.17, 15) is 4.79 Å². The molecule has 0 spiro atoms. The molecule has 2 aromatic heterocycles. The number of hydrogen-bond donors (Lipinski definition) is 1. The van der Waals surface area contributed by atoms with Gasteiger partial charge in [-0.1, -0.05) is 53.7 Å². The molecule has 5 aromatic rings. The molecule has 3 aromatic carbocycles. The number of nitrogens with zero attached hydrogens (tertiary/aromatic N) is 4. The molecular weight excluding hydrogens is 418 g/mol. The van der Waals surface area contributed by atoms with Crippen molar-refractivity contribution in [2.75, 3.05) is 5.73 Å². The molecule has 6 nitrogen and oxygen atoms in total. The predicted octanol–water partition coefficient (Wildman–Crippen LogP) is 4.82. The number of para-hydroxylation sites is 2. The van der Waals surface area contributed by atoms with Crippen LogP contribution < -0.4 is 11.3 Å². The Labute approximate surface area is 189 Å². The number of aromatic nitrogens is 4. The van der Waals surface area contributed by atoms with Crippen molar-refractivity contribution in [2.45, 2.75) is 24.8 Å². The first-order chi connectivity index (χ1) is 15.5. The quantitative estimate of drug-likeness (QED) is 0.319. The van der Waals surface area contributed by atoms with Crippen LogP contribution in [0.15, 0.2) is 76.7 Å². The van der Waals surface area contributed by atoms with Crippen molar-refractivity contribution in [1.29, 1.82) is 0 Å². The summed E-state index contributed by atoms with van der Waals surface area (Å²) in [5.74, 6) is 1.48. The van der Waals surface area contributed by atoms with E-state index in [4.69, 9.17) is 10.7 Å². The van der Waals surface area contributed by atoms with Gasteiger partial charge in [-0.25, -0.2) is 15.0 Å². The zero-order valence-electron chi connectivity index (χ0n) is 17.7. The molecule has 0 fully saturated rings. The van der Waals surface area contributed by atoms with Gasteiger partial charge < -0.3 is 5.73 Å². The van der Waals surface area contributed by atoms with Gasteiger partial charge in [0.25, 0.3) is 5.56 Å². The van der Waals surface area contributed by atoms with Crippen LogP contribution in [0.3, 0.4) is 0 Å². The fourth-order valence-corrected chi connectivity index (χ4v) is 4.68. The highest BCUT2D eigenvalue weighted by molar-refractivity contribution is 7.98. The molecule has 5 rings (SSSR count). The number of nitrogens with two attached hydrogens (primary N) is 1. The van der Waals surface area contributed by atoms with Gasteiger partial charge in [0.05, 0.1) is 27.9 Å². The maximum Gasteiger partial charge on any atom is 0.266 e. The summed E-state index contributed by atoms with van der Waals surface area (Å²) in [6.07, 6.45) is 0. The molecule has 7 heteroatoms. The molecule has 0 amide bonds. The molecule has 0 saturated carbocycles. The van der Waals surface area contributed by atoms with E-state index in [-0.39, 0.29) is 5.56 Å². The lowest BCUT2D eigenvalue weighted by Gasteiger charge is -2.15. The first kappa shape index (κ1) is 20.2. The molecule has 0 radical (unpaired) electrons. The number of rotatable bonds is 4. The summed E-state index contributed by atoms with van der Waals surface area (Å²) in [4.78, 5) is 27.4. The van der Waals surface area contributed by atoms with Crippen LogP contribution in [0.1, 0.15) is 17.0 Å². The number of benzene rings is 3. The molecule has 0 unspecified atom stereocenters. The van der Waals surface area contributed by atoms with Crippen molar-refractivity contribution >= 4 is 39.4 Å². The van der Waals surface area contributed by atoms with Crippen LogP contribution in [0.2, 0.25) is 0 Å². The van der Waals surface area contributed by atoms with Crippen LogP contribution >= 0.6 is 11.8 Å². The molecular formula is C25H21N5OS. The van der Waals surface area contributed by atoms with Gasteiger partial charge in [-0.3, -0.25) is 9.36 Å². The summed E-state index contributed by atoms with van der Waals surface area (Å²) in [5, 5.41) is 2.01. The minimum atomic E-state index is -0.0935. The van der Waals surface area contributed by atoms with Crippen LogP contribution in [0, 0.1) is 13.8 Å². The van der Waals surface area contributed by atoms with Crippen LogP contribution in [0.25, 0.3) is 27.5 Å². The molecule has 0 saturated heterocycles. The molecule has 2 heterocycles. The van der Waals surface area contributed by atoms with Gasteiger partial charge >= 0.3 is 0 Å². The number of anilines is 1. The van der Waals surface area contributed by atoms with E-state index < -0.39 is 0 Å². The maximum atomic E-state index is 13.5. The Hall–Kier alpha value is -3.71. The fraction of sp³-hybridized carbons (Fsp3) is 0.120. The van der Waals surface area contributed by atoms with Crippen molar-refractivity contribution in [3.05, 3.63) is 94.0 Å². The van der Waals surface area contributed by atoms with Crippen molar-refractivity contribution in [1.82, 2.24) is 19.5 Å². The maximum absolute atomic E-state index is 13.5. The Kier molecular flexibility index (Phi) is 5.11. The van der Waals surface area contributed by atoms with E-state index in [2.05, 4.69) is 16.0 Å². The number of aryl methyl sites for hydroxylation is 2. The van der Waals surface area contributed by atoms with Crippen LogP contribution in [-0.4, -0.2) is 19.5 Å². The third kappa shape index (κ3) is 3.61. The second-order valence-corrected chi connectivity index (χ2v) is 8.62. The zero-order valence-corrected chi connectivity index (χ0v) is 18.6. The topological polar surface area (TPSA) is 86.7 Å². The molecule has 0 bridgehead atoms. The normalized spacial score (nSPS) is 11.3. The fourth-order valence-electron chi connectivity index (χ4n) is 3.82. The lowest BCUT2D eigenvalue weighted by atomic mass is 10.1. The van der Waals surface area contributed by atoms with Gasteiger partial charge in [0.15, 0.2) is 5.16 Å². The Morgan fingerprint density at radius 1 is 0.875 bits per heavy atom. The van der Waals surface area contributed by atoms with Gasteiger partial charge in [-0.05, 0) is 49.7 Å². The molecule has 158 valence electrons. The third-order valence-corrected chi connectivity index (χ3v) is 6.28. The van der Waals surface area contributed by atoms with Crippen molar-refractivity contribution in [2.24, 2.45) is 0 Å². The highest BCUT2D eigenvalue weighted by Crippen LogP contribution is 2.27. The van der Waals surface area contributed by atoms with Gasteiger partial charge in [0.1, 0.15) is 11.6 Å². The third-order valence-electron chi connectivity index (χ3n) is 5.35. The van der Waals surface area contributed by atoms with Gasteiger partial charge in [-0.15, -0.1) is 0 Å². The first-order valence-corrected chi connectivity index (χ1v) is 11.2. The minimum Gasteiger partial charge on any atom is -0.383 e. The van der Waals surface area contributed by atoms with Crippen LogP contribution in [0.5, 0.6) is 0 Å². The standard InChI is InChI=1S/C25H21N5OS/c1-15-11-12-21(16(2)13-15)30-24(31)18-8-4-6-10-20(18)28-25(30)32-14-22-27-19-9-5-3-7-17(19)23(26)29-22/h3-13H,14H2,1-2H3,(H2,26,27,29). The van der Waals surface area contributed by atoms with Crippen molar-refractivity contribution in [3.8, 4) is 5.69 Å². The van der Waals surface area contributed by atoms with E-state index in [1.165, 1.54) is 11.8 Å². The summed E-state index contributed by atoms with van der Waals surface area (Å²) in [7, 11) is 0. The van der Waals surface area contributed by atoms with Crippen molar-refractivity contribution in [3.63, 3.8) is 0 Å². The van der Waals surface area contributed by atoms with E-state index in [1.807, 2.05) is 74.5 Å². The molecule has 0 atom stereocenters. The largest absolute Gasteiger partial charge is 0.383 e. The lowest BCUT2D eigenvalue weighted by molar-refractivity contribution is 0.813. The molecule has 0 aliphatic heterocycles. The molecule has 32 heavy (non-hydrogen) atoms. The van der Waals surface area contributed by atoms with Gasteiger partial charge in [0.2, 0.25) is 0 Å². The highest BCUT2D eigenvalue weighted by Gasteiger charge is 2.16. The molecule has 0 aliphatic rings. The highest BCUT2D eigenvalue weighted by atomic mass is 32.2. The predicted molar refractivity (Wildman–Crippen MR) is 130 cm³/mol. The van der Waals surface area contributed by atoms with E-state index >= 15 is 0 Å². The van der Waals surface area contributed by atoms with Crippen LogP contribution in [0.4, 0.5) is 5.82 Å². The summed E-state index contributed by atoms with van der Waals surface area (Å²) in [6, 6.07) is 21.1. The van der Waals surface area contributed by atoms with Gasteiger partial charge in [0, 0.05) is 5.39 Å². The molecule has 0 aliphatic carbocycles. The smallest absolute Gasteiger partial charge is 0.266 e.